The highest BCUT2D eigenvalue weighted by Gasteiger charge is 2.14. The van der Waals surface area contributed by atoms with Crippen LogP contribution in [0.3, 0.4) is 0 Å². The largest absolute Gasteiger partial charge is 0.397 e. The number of benzene rings is 4. The summed E-state index contributed by atoms with van der Waals surface area (Å²) in [6.07, 6.45) is 8.61. The number of nitrogens with two attached hydrogens (primary N) is 1. The summed E-state index contributed by atoms with van der Waals surface area (Å²) in [7, 11) is 0. The number of para-hydroxylation sites is 2. The molecular weight excluding hydrogens is 532 g/mol. The van der Waals surface area contributed by atoms with Gasteiger partial charge < -0.3 is 11.1 Å². The van der Waals surface area contributed by atoms with Crippen molar-refractivity contribution in [2.24, 2.45) is 0 Å². The highest BCUT2D eigenvalue weighted by molar-refractivity contribution is 5.66. The lowest BCUT2D eigenvalue weighted by atomic mass is 9.87. The molecule has 44 heavy (non-hydrogen) atoms. The Hall–Kier alpha value is -4.30. The Balaban J connectivity index is 0.000000245. The zero-order valence-corrected chi connectivity index (χ0v) is 28.1. The van der Waals surface area contributed by atoms with Gasteiger partial charge in [0.1, 0.15) is 0 Å². The van der Waals surface area contributed by atoms with Gasteiger partial charge in [-0.25, -0.2) is 0 Å². The van der Waals surface area contributed by atoms with E-state index in [-0.39, 0.29) is 6.04 Å². The minimum Gasteiger partial charge on any atom is -0.397 e. The molecule has 0 saturated heterocycles. The third kappa shape index (κ3) is 10.8. The number of aryl methyl sites for hydroxylation is 2. The molecule has 0 aliphatic rings. The molecule has 0 aliphatic heterocycles. The molecule has 4 rings (SSSR count). The fraction of sp³-hybridized carbons (Fsp3) is 0.286. The van der Waals surface area contributed by atoms with Gasteiger partial charge in [-0.15, -0.1) is 0 Å². The van der Waals surface area contributed by atoms with E-state index >= 15 is 0 Å². The van der Waals surface area contributed by atoms with Crippen LogP contribution in [0.2, 0.25) is 0 Å². The van der Waals surface area contributed by atoms with Crippen molar-refractivity contribution in [2.75, 3.05) is 11.1 Å². The molecule has 0 aromatic heterocycles. The summed E-state index contributed by atoms with van der Waals surface area (Å²) in [5.41, 5.74) is 20.1. The SMILES string of the molecule is C/C=C(\C)Cc1ccccc1C(C)/C(C)=C/C=C(C)C.Cc1ccc(CC(Nc2ccccc2N)c2ccc(C)cc2)cc1. The Kier molecular flexibility index (Phi) is 13.3. The van der Waals surface area contributed by atoms with Gasteiger partial charge in [-0.1, -0.05) is 138 Å². The number of rotatable bonds is 10. The van der Waals surface area contributed by atoms with Gasteiger partial charge in [0.15, 0.2) is 0 Å². The van der Waals surface area contributed by atoms with Gasteiger partial charge >= 0.3 is 0 Å². The van der Waals surface area contributed by atoms with E-state index in [2.05, 4.69) is 152 Å². The second kappa shape index (κ2) is 17.1. The van der Waals surface area contributed by atoms with E-state index in [0.717, 1.165) is 24.2 Å². The zero-order chi connectivity index (χ0) is 32.1. The average molecular weight is 585 g/mol. The topological polar surface area (TPSA) is 38.0 Å². The maximum absolute atomic E-state index is 6.12. The van der Waals surface area contributed by atoms with E-state index in [1.54, 1.807) is 0 Å². The van der Waals surface area contributed by atoms with Crippen LogP contribution < -0.4 is 11.1 Å². The first-order valence-corrected chi connectivity index (χ1v) is 15.8. The van der Waals surface area contributed by atoms with Gasteiger partial charge in [-0.05, 0) is 95.7 Å². The van der Waals surface area contributed by atoms with E-state index in [1.807, 2.05) is 24.3 Å². The molecule has 0 aliphatic carbocycles. The van der Waals surface area contributed by atoms with Crippen LogP contribution in [-0.2, 0) is 12.8 Å². The zero-order valence-electron chi connectivity index (χ0n) is 28.1. The maximum Gasteiger partial charge on any atom is 0.0578 e. The van der Waals surface area contributed by atoms with Gasteiger partial charge in [0.25, 0.3) is 0 Å². The maximum atomic E-state index is 6.12. The van der Waals surface area contributed by atoms with Crippen molar-refractivity contribution in [3.05, 3.63) is 165 Å². The van der Waals surface area contributed by atoms with E-state index in [4.69, 9.17) is 5.73 Å². The Morgan fingerprint density at radius 3 is 1.95 bits per heavy atom. The normalized spacial score (nSPS) is 12.9. The quantitative estimate of drug-likeness (QED) is 0.110. The predicted octanol–water partition coefficient (Wildman–Crippen LogP) is 11.5. The third-order valence-corrected chi connectivity index (χ3v) is 8.18. The second-order valence-corrected chi connectivity index (χ2v) is 12.3. The van der Waals surface area contributed by atoms with Crippen LogP contribution in [0.1, 0.15) is 86.9 Å². The Labute approximate surface area is 267 Å². The van der Waals surface area contributed by atoms with Crippen LogP contribution >= 0.6 is 0 Å². The number of nitrogen functional groups attached to an aromatic ring is 1. The molecule has 2 unspecified atom stereocenters. The average Bonchev–Trinajstić information content (AvgIpc) is 3.02. The first-order valence-electron chi connectivity index (χ1n) is 15.8. The molecule has 230 valence electrons. The van der Waals surface area contributed by atoms with Gasteiger partial charge in [0, 0.05) is 5.92 Å². The third-order valence-electron chi connectivity index (χ3n) is 8.18. The molecule has 2 atom stereocenters. The summed E-state index contributed by atoms with van der Waals surface area (Å²) < 4.78 is 0. The highest BCUT2D eigenvalue weighted by atomic mass is 14.9. The Bertz CT molecular complexity index is 1550. The summed E-state index contributed by atoms with van der Waals surface area (Å²) >= 11 is 0. The smallest absolute Gasteiger partial charge is 0.0578 e. The monoisotopic (exact) mass is 584 g/mol. The van der Waals surface area contributed by atoms with Crippen molar-refractivity contribution in [3.8, 4) is 0 Å². The summed E-state index contributed by atoms with van der Waals surface area (Å²) in [6, 6.07) is 34.4. The number of hydrogen-bond donors (Lipinski definition) is 2. The van der Waals surface area contributed by atoms with E-state index in [0.29, 0.717) is 5.92 Å². The molecule has 3 N–H and O–H groups in total. The number of anilines is 2. The van der Waals surface area contributed by atoms with E-state index in [1.165, 1.54) is 50.1 Å². The van der Waals surface area contributed by atoms with Crippen LogP contribution in [0.15, 0.2) is 132 Å². The van der Waals surface area contributed by atoms with Crippen molar-refractivity contribution in [1.29, 1.82) is 0 Å². The van der Waals surface area contributed by atoms with Gasteiger partial charge in [-0.3, -0.25) is 0 Å². The summed E-state index contributed by atoms with van der Waals surface area (Å²) in [5.74, 6) is 0.464. The van der Waals surface area contributed by atoms with Crippen LogP contribution in [0.5, 0.6) is 0 Å². The first-order chi connectivity index (χ1) is 21.1. The van der Waals surface area contributed by atoms with Crippen LogP contribution in [0, 0.1) is 13.8 Å². The molecule has 0 fully saturated rings. The van der Waals surface area contributed by atoms with Crippen molar-refractivity contribution in [1.82, 2.24) is 0 Å². The molecule has 0 spiro atoms. The number of nitrogens with one attached hydrogen (secondary N) is 1. The molecular formula is C42H52N2. The van der Waals surface area contributed by atoms with Crippen molar-refractivity contribution >= 4 is 11.4 Å². The van der Waals surface area contributed by atoms with Crippen LogP contribution in [0.25, 0.3) is 0 Å². The standard InChI is InChI=1S/C22H24N2.C20H28/c1-16-7-11-18(12-8-16)15-22(19-13-9-17(2)10-14-19)24-21-6-4-3-5-20(21)23;1-7-16(4)14-19-10-8-9-11-20(19)18(6)17(5)13-12-15(2)3/h3-14,22,24H,15,23H2,1-2H3;7-13,18H,14H2,1-6H3/b;16-7+,17-13+. The summed E-state index contributed by atoms with van der Waals surface area (Å²) in [5, 5.41) is 3.62. The Morgan fingerprint density at radius 1 is 0.750 bits per heavy atom. The summed E-state index contributed by atoms with van der Waals surface area (Å²) in [6.45, 7) is 17.3. The minimum absolute atomic E-state index is 0.179. The Morgan fingerprint density at radius 2 is 1.34 bits per heavy atom. The van der Waals surface area contributed by atoms with Crippen LogP contribution in [-0.4, -0.2) is 0 Å². The minimum atomic E-state index is 0.179. The van der Waals surface area contributed by atoms with Gasteiger partial charge in [0.05, 0.1) is 17.4 Å². The molecule has 4 aromatic carbocycles. The van der Waals surface area contributed by atoms with Crippen LogP contribution in [0.4, 0.5) is 11.4 Å². The fourth-order valence-electron chi connectivity index (χ4n) is 5.03. The highest BCUT2D eigenvalue weighted by Crippen LogP contribution is 2.29. The molecule has 0 saturated carbocycles. The lowest BCUT2D eigenvalue weighted by Gasteiger charge is -2.22. The van der Waals surface area contributed by atoms with Crippen molar-refractivity contribution in [2.45, 2.75) is 80.2 Å². The molecule has 0 radical (unpaired) electrons. The number of allylic oxidation sites excluding steroid dienone is 6. The first kappa shape index (κ1) is 34.2. The fourth-order valence-corrected chi connectivity index (χ4v) is 5.03. The molecule has 4 aromatic rings. The second-order valence-electron chi connectivity index (χ2n) is 12.3. The lowest BCUT2D eigenvalue weighted by molar-refractivity contribution is 0.775. The lowest BCUT2D eigenvalue weighted by Crippen LogP contribution is -2.14. The predicted molar refractivity (Wildman–Crippen MR) is 194 cm³/mol. The van der Waals surface area contributed by atoms with Gasteiger partial charge in [0.2, 0.25) is 0 Å². The summed E-state index contributed by atoms with van der Waals surface area (Å²) in [4.78, 5) is 0. The molecule has 2 heteroatoms. The molecule has 0 amide bonds. The van der Waals surface area contributed by atoms with E-state index < -0.39 is 0 Å². The van der Waals surface area contributed by atoms with Gasteiger partial charge in [-0.2, -0.15) is 0 Å². The molecule has 0 bridgehead atoms. The number of hydrogen-bond acceptors (Lipinski definition) is 2. The van der Waals surface area contributed by atoms with Crippen molar-refractivity contribution < 1.29 is 0 Å². The molecule has 2 nitrogen and oxygen atoms in total. The van der Waals surface area contributed by atoms with E-state index in [9.17, 15) is 0 Å². The molecule has 0 heterocycles. The van der Waals surface area contributed by atoms with Crippen molar-refractivity contribution in [3.63, 3.8) is 0 Å².